The number of likely N-dealkylation sites (tertiary alicyclic amines) is 1. The Hall–Kier alpha value is -0.970. The number of likely N-dealkylation sites (N-methyl/N-ethyl adjacent to an activating group) is 1. The van der Waals surface area contributed by atoms with Crippen LogP contribution in [0.5, 0.6) is 0 Å². The van der Waals surface area contributed by atoms with Gasteiger partial charge in [-0.2, -0.15) is 0 Å². The molecule has 1 fully saturated rings. The molecule has 0 aromatic carbocycles. The number of nitrogens with two attached hydrogens (primary N) is 1. The molecule has 1 aromatic heterocycles. The summed E-state index contributed by atoms with van der Waals surface area (Å²) in [7, 11) is 0. The van der Waals surface area contributed by atoms with E-state index in [1.54, 1.807) is 0 Å². The van der Waals surface area contributed by atoms with Crippen LogP contribution in [0.2, 0.25) is 0 Å². The first-order valence-electron chi connectivity index (χ1n) is 7.81. The number of nitrogens with zero attached hydrogens (tertiary/aromatic N) is 3. The van der Waals surface area contributed by atoms with Gasteiger partial charge in [0.25, 0.3) is 0 Å². The molecule has 0 radical (unpaired) electrons. The van der Waals surface area contributed by atoms with Gasteiger partial charge in [0, 0.05) is 24.8 Å². The van der Waals surface area contributed by atoms with E-state index in [2.05, 4.69) is 40.8 Å². The molecule has 1 aromatic rings. The summed E-state index contributed by atoms with van der Waals surface area (Å²) in [5.41, 5.74) is 7.46. The molecule has 1 saturated heterocycles. The van der Waals surface area contributed by atoms with Gasteiger partial charge in [-0.3, -0.25) is 9.88 Å². The molecule has 0 atom stereocenters. The van der Waals surface area contributed by atoms with E-state index in [1.165, 1.54) is 0 Å². The molecule has 2 heterocycles. The fourth-order valence-corrected chi connectivity index (χ4v) is 3.24. The summed E-state index contributed by atoms with van der Waals surface area (Å²) < 4.78 is 0. The zero-order valence-electron chi connectivity index (χ0n) is 12.9. The summed E-state index contributed by atoms with van der Waals surface area (Å²) in [4.78, 5) is 9.51. The lowest BCUT2D eigenvalue weighted by Gasteiger charge is -2.48. The van der Waals surface area contributed by atoms with Crippen LogP contribution in [0.25, 0.3) is 0 Å². The molecule has 1 aliphatic heterocycles. The van der Waals surface area contributed by atoms with Crippen LogP contribution < -0.4 is 5.73 Å². The summed E-state index contributed by atoms with van der Waals surface area (Å²) in [6.45, 7) is 10.6. The van der Waals surface area contributed by atoms with E-state index < -0.39 is 0 Å². The van der Waals surface area contributed by atoms with Gasteiger partial charge in [0.1, 0.15) is 0 Å². The summed E-state index contributed by atoms with van der Waals surface area (Å²) in [6, 6.07) is 6.14. The molecule has 112 valence electrons. The van der Waals surface area contributed by atoms with E-state index in [1.807, 2.05) is 12.3 Å². The van der Waals surface area contributed by atoms with Crippen LogP contribution >= 0.6 is 0 Å². The predicted octanol–water partition coefficient (Wildman–Crippen LogP) is 1.72. The second-order valence-electron chi connectivity index (χ2n) is 5.70. The maximum Gasteiger partial charge on any atom is 0.0544 e. The minimum absolute atomic E-state index is 0.151. The molecule has 1 aliphatic rings. The zero-order chi connectivity index (χ0) is 14.4. The molecule has 4 heteroatoms. The quantitative estimate of drug-likeness (QED) is 0.859. The number of rotatable bonds is 6. The van der Waals surface area contributed by atoms with Crippen molar-refractivity contribution in [3.63, 3.8) is 0 Å². The van der Waals surface area contributed by atoms with Crippen LogP contribution in [-0.4, -0.2) is 53.0 Å². The van der Waals surface area contributed by atoms with Gasteiger partial charge in [0.05, 0.1) is 5.69 Å². The first-order chi connectivity index (χ1) is 9.74. The fraction of sp³-hybridized carbons (Fsp3) is 0.688. The Labute approximate surface area is 123 Å². The van der Waals surface area contributed by atoms with Crippen molar-refractivity contribution in [1.29, 1.82) is 0 Å². The largest absolute Gasteiger partial charge is 0.329 e. The van der Waals surface area contributed by atoms with Crippen LogP contribution in [0.15, 0.2) is 24.4 Å². The standard InChI is InChI=1S/C16H28N4/c1-3-19-11-8-16(14-17,9-12-19)20(4-2)13-15-7-5-6-10-18-15/h5-7,10H,3-4,8-9,11-14,17H2,1-2H3. The van der Waals surface area contributed by atoms with Gasteiger partial charge in [-0.15, -0.1) is 0 Å². The van der Waals surface area contributed by atoms with Crippen molar-refractivity contribution in [2.75, 3.05) is 32.7 Å². The number of hydrogen-bond acceptors (Lipinski definition) is 4. The van der Waals surface area contributed by atoms with Crippen molar-refractivity contribution >= 4 is 0 Å². The van der Waals surface area contributed by atoms with Crippen LogP contribution in [0, 0.1) is 0 Å². The lowest BCUT2D eigenvalue weighted by atomic mass is 9.85. The Balaban J connectivity index is 2.08. The molecule has 4 nitrogen and oxygen atoms in total. The van der Waals surface area contributed by atoms with Crippen LogP contribution in [-0.2, 0) is 6.54 Å². The van der Waals surface area contributed by atoms with E-state index in [0.29, 0.717) is 0 Å². The highest BCUT2D eigenvalue weighted by molar-refractivity contribution is 5.06. The second kappa shape index (κ2) is 7.16. The molecule has 20 heavy (non-hydrogen) atoms. The van der Waals surface area contributed by atoms with Gasteiger partial charge in [-0.05, 0) is 51.2 Å². The van der Waals surface area contributed by atoms with Crippen LogP contribution in [0.4, 0.5) is 0 Å². The average molecular weight is 276 g/mol. The smallest absolute Gasteiger partial charge is 0.0544 e. The Morgan fingerprint density at radius 2 is 2.05 bits per heavy atom. The third-order valence-electron chi connectivity index (χ3n) is 4.75. The van der Waals surface area contributed by atoms with Gasteiger partial charge in [-0.25, -0.2) is 0 Å². The Morgan fingerprint density at radius 1 is 1.30 bits per heavy atom. The Morgan fingerprint density at radius 3 is 2.55 bits per heavy atom. The van der Waals surface area contributed by atoms with Gasteiger partial charge < -0.3 is 10.6 Å². The fourth-order valence-electron chi connectivity index (χ4n) is 3.24. The first kappa shape index (κ1) is 15.4. The van der Waals surface area contributed by atoms with E-state index >= 15 is 0 Å². The molecule has 0 saturated carbocycles. The highest BCUT2D eigenvalue weighted by atomic mass is 15.2. The van der Waals surface area contributed by atoms with E-state index in [0.717, 1.165) is 57.8 Å². The minimum atomic E-state index is 0.151. The highest BCUT2D eigenvalue weighted by Gasteiger charge is 2.37. The van der Waals surface area contributed by atoms with Gasteiger partial charge >= 0.3 is 0 Å². The number of aromatic nitrogens is 1. The molecule has 0 aliphatic carbocycles. The molecule has 0 spiro atoms. The SMILES string of the molecule is CCN1CCC(CN)(N(CC)Cc2ccccn2)CC1. The van der Waals surface area contributed by atoms with Crippen molar-refractivity contribution in [3.8, 4) is 0 Å². The minimum Gasteiger partial charge on any atom is -0.329 e. The summed E-state index contributed by atoms with van der Waals surface area (Å²) in [6.07, 6.45) is 4.20. The van der Waals surface area contributed by atoms with Crippen molar-refractivity contribution in [2.24, 2.45) is 5.73 Å². The monoisotopic (exact) mass is 276 g/mol. The molecule has 2 N–H and O–H groups in total. The second-order valence-corrected chi connectivity index (χ2v) is 5.70. The summed E-state index contributed by atoms with van der Waals surface area (Å²) >= 11 is 0. The molecule has 0 unspecified atom stereocenters. The van der Waals surface area contributed by atoms with Gasteiger partial charge in [-0.1, -0.05) is 19.9 Å². The van der Waals surface area contributed by atoms with Crippen molar-refractivity contribution in [3.05, 3.63) is 30.1 Å². The number of hydrogen-bond donors (Lipinski definition) is 1. The third kappa shape index (κ3) is 3.37. The Kier molecular flexibility index (Phi) is 5.52. The highest BCUT2D eigenvalue weighted by Crippen LogP contribution is 2.29. The topological polar surface area (TPSA) is 45.4 Å². The van der Waals surface area contributed by atoms with Crippen molar-refractivity contribution < 1.29 is 0 Å². The number of piperidine rings is 1. The maximum absolute atomic E-state index is 6.17. The summed E-state index contributed by atoms with van der Waals surface area (Å²) in [5.74, 6) is 0. The van der Waals surface area contributed by atoms with Crippen molar-refractivity contribution in [2.45, 2.75) is 38.8 Å². The first-order valence-corrected chi connectivity index (χ1v) is 7.81. The molecule has 0 amide bonds. The molecular weight excluding hydrogens is 248 g/mol. The van der Waals surface area contributed by atoms with Crippen LogP contribution in [0.3, 0.4) is 0 Å². The van der Waals surface area contributed by atoms with Gasteiger partial charge in [0.2, 0.25) is 0 Å². The lowest BCUT2D eigenvalue weighted by molar-refractivity contribution is 0.0251. The summed E-state index contributed by atoms with van der Waals surface area (Å²) in [5, 5.41) is 0. The predicted molar refractivity (Wildman–Crippen MR) is 83.5 cm³/mol. The normalized spacial score (nSPS) is 19.4. The molecular formula is C16H28N4. The van der Waals surface area contributed by atoms with E-state index in [9.17, 15) is 0 Å². The van der Waals surface area contributed by atoms with Crippen molar-refractivity contribution in [1.82, 2.24) is 14.8 Å². The maximum atomic E-state index is 6.17. The van der Waals surface area contributed by atoms with Gasteiger partial charge in [0.15, 0.2) is 0 Å². The van der Waals surface area contributed by atoms with E-state index in [4.69, 9.17) is 5.73 Å². The third-order valence-corrected chi connectivity index (χ3v) is 4.75. The average Bonchev–Trinajstić information content (AvgIpc) is 2.53. The molecule has 2 rings (SSSR count). The number of pyridine rings is 1. The van der Waals surface area contributed by atoms with Crippen LogP contribution in [0.1, 0.15) is 32.4 Å². The lowest BCUT2D eigenvalue weighted by Crippen LogP contribution is -2.59. The van der Waals surface area contributed by atoms with E-state index in [-0.39, 0.29) is 5.54 Å². The Bertz CT molecular complexity index is 385. The zero-order valence-corrected chi connectivity index (χ0v) is 12.9. The molecule has 0 bridgehead atoms.